The molecule has 2 aromatic heterocycles. The second-order valence-electron chi connectivity index (χ2n) is 4.33. The van der Waals surface area contributed by atoms with E-state index < -0.39 is 6.10 Å². The number of hydrogen-bond donors (Lipinski definition) is 3. The molecule has 0 aliphatic rings. The molecule has 3 N–H and O–H groups in total. The van der Waals surface area contributed by atoms with Gasteiger partial charge in [-0.3, -0.25) is 4.99 Å². The van der Waals surface area contributed by atoms with Crippen LogP contribution in [0.5, 0.6) is 0 Å². The Morgan fingerprint density at radius 3 is 2.86 bits per heavy atom. The van der Waals surface area contributed by atoms with Crippen LogP contribution in [0.2, 0.25) is 4.34 Å². The Kier molecular flexibility index (Phi) is 5.98. The SMILES string of the molecule is CN=C(NCc1scnc1C)NCC(O)c1ccc(Cl)s1. The van der Waals surface area contributed by atoms with E-state index in [1.165, 1.54) is 16.2 Å². The molecule has 0 fully saturated rings. The highest BCUT2D eigenvalue weighted by molar-refractivity contribution is 7.16. The molecule has 8 heteroatoms. The molecule has 0 saturated heterocycles. The molecule has 2 rings (SSSR count). The van der Waals surface area contributed by atoms with Gasteiger partial charge in [0.1, 0.15) is 6.10 Å². The molecule has 1 atom stereocenters. The zero-order valence-corrected chi connectivity index (χ0v) is 14.1. The highest BCUT2D eigenvalue weighted by atomic mass is 35.5. The molecule has 0 amide bonds. The number of nitrogens with zero attached hydrogens (tertiary/aromatic N) is 2. The summed E-state index contributed by atoms with van der Waals surface area (Å²) in [5, 5.41) is 16.4. The lowest BCUT2D eigenvalue weighted by molar-refractivity contribution is 0.184. The molecular weight excluding hydrogens is 328 g/mol. The van der Waals surface area contributed by atoms with Crippen LogP contribution in [0.15, 0.2) is 22.6 Å². The third kappa shape index (κ3) is 4.67. The van der Waals surface area contributed by atoms with Crippen LogP contribution < -0.4 is 10.6 Å². The number of aryl methyl sites for hydroxylation is 1. The normalized spacial score (nSPS) is 13.2. The Morgan fingerprint density at radius 1 is 1.48 bits per heavy atom. The van der Waals surface area contributed by atoms with Gasteiger partial charge in [0.2, 0.25) is 0 Å². The standard InChI is InChI=1S/C13H17ClN4OS2/c1-8-11(20-7-18-8)6-17-13(15-2)16-5-9(19)10-3-4-12(14)21-10/h3-4,7,9,19H,5-6H2,1-2H3,(H2,15,16,17). The van der Waals surface area contributed by atoms with Crippen LogP contribution >= 0.6 is 34.3 Å². The van der Waals surface area contributed by atoms with Crippen LogP contribution in [0, 0.1) is 6.92 Å². The average molecular weight is 345 g/mol. The van der Waals surface area contributed by atoms with E-state index in [9.17, 15) is 5.11 Å². The maximum absolute atomic E-state index is 10.1. The first-order valence-corrected chi connectivity index (χ1v) is 8.44. The summed E-state index contributed by atoms with van der Waals surface area (Å²) >= 11 is 8.85. The van der Waals surface area contributed by atoms with Crippen molar-refractivity contribution in [2.24, 2.45) is 4.99 Å². The monoisotopic (exact) mass is 344 g/mol. The quantitative estimate of drug-likeness (QED) is 0.576. The van der Waals surface area contributed by atoms with Crippen LogP contribution in [0.1, 0.15) is 21.6 Å². The van der Waals surface area contributed by atoms with E-state index in [1.54, 1.807) is 24.5 Å². The van der Waals surface area contributed by atoms with Gasteiger partial charge in [-0.15, -0.1) is 22.7 Å². The number of thiazole rings is 1. The fraction of sp³-hybridized carbons (Fsp3) is 0.385. The van der Waals surface area contributed by atoms with Crippen LogP contribution in [0.3, 0.4) is 0 Å². The van der Waals surface area contributed by atoms with Crippen LogP contribution in [0.25, 0.3) is 0 Å². The number of nitrogens with one attached hydrogen (secondary N) is 2. The maximum Gasteiger partial charge on any atom is 0.191 e. The molecule has 5 nitrogen and oxygen atoms in total. The van der Waals surface area contributed by atoms with E-state index in [2.05, 4.69) is 20.6 Å². The largest absolute Gasteiger partial charge is 0.386 e. The van der Waals surface area contributed by atoms with E-state index in [-0.39, 0.29) is 0 Å². The summed E-state index contributed by atoms with van der Waals surface area (Å²) < 4.78 is 0.673. The Morgan fingerprint density at radius 2 is 2.29 bits per heavy atom. The molecule has 0 radical (unpaired) electrons. The Labute approximate surface area is 136 Å². The highest BCUT2D eigenvalue weighted by Gasteiger charge is 2.11. The lowest BCUT2D eigenvalue weighted by Crippen LogP contribution is -2.38. The number of guanidine groups is 1. The number of thiophene rings is 1. The lowest BCUT2D eigenvalue weighted by atomic mass is 10.3. The molecule has 0 aromatic carbocycles. The summed E-state index contributed by atoms with van der Waals surface area (Å²) in [4.78, 5) is 10.3. The van der Waals surface area contributed by atoms with Gasteiger partial charge in [-0.1, -0.05) is 11.6 Å². The smallest absolute Gasteiger partial charge is 0.191 e. The van der Waals surface area contributed by atoms with Crippen molar-refractivity contribution in [3.8, 4) is 0 Å². The highest BCUT2D eigenvalue weighted by Crippen LogP contribution is 2.26. The maximum atomic E-state index is 10.1. The van der Waals surface area contributed by atoms with E-state index in [4.69, 9.17) is 11.6 Å². The van der Waals surface area contributed by atoms with E-state index in [1.807, 2.05) is 18.5 Å². The van der Waals surface area contributed by atoms with Crippen molar-refractivity contribution < 1.29 is 5.11 Å². The predicted molar refractivity (Wildman–Crippen MR) is 89.3 cm³/mol. The molecule has 0 bridgehead atoms. The molecule has 0 aliphatic carbocycles. The number of halogens is 1. The van der Waals surface area contributed by atoms with Gasteiger partial charge in [0.05, 0.1) is 22.1 Å². The van der Waals surface area contributed by atoms with Gasteiger partial charge < -0.3 is 15.7 Å². The molecule has 2 heterocycles. The summed E-state index contributed by atoms with van der Waals surface area (Å²) in [5.74, 6) is 0.643. The summed E-state index contributed by atoms with van der Waals surface area (Å²) in [5.41, 5.74) is 2.85. The van der Waals surface area contributed by atoms with E-state index in [0.29, 0.717) is 23.4 Å². The Bertz CT molecular complexity index is 611. The van der Waals surface area contributed by atoms with E-state index >= 15 is 0 Å². The second-order valence-corrected chi connectivity index (χ2v) is 7.01. The summed E-state index contributed by atoms with van der Waals surface area (Å²) in [6.07, 6.45) is -0.605. The molecular formula is C13H17ClN4OS2. The molecule has 21 heavy (non-hydrogen) atoms. The topological polar surface area (TPSA) is 69.5 Å². The lowest BCUT2D eigenvalue weighted by Gasteiger charge is -2.14. The van der Waals surface area contributed by atoms with Gasteiger partial charge in [0, 0.05) is 23.3 Å². The molecule has 0 saturated carbocycles. The minimum Gasteiger partial charge on any atom is -0.386 e. The van der Waals surface area contributed by atoms with Crippen molar-refractivity contribution >= 4 is 40.2 Å². The molecule has 0 aliphatic heterocycles. The summed E-state index contributed by atoms with van der Waals surface area (Å²) in [7, 11) is 1.70. The van der Waals surface area contributed by atoms with Gasteiger partial charge in [-0.05, 0) is 19.1 Å². The first kappa shape index (κ1) is 16.2. The first-order chi connectivity index (χ1) is 10.1. The van der Waals surface area contributed by atoms with Gasteiger partial charge in [0.25, 0.3) is 0 Å². The number of aliphatic imine (C=N–C) groups is 1. The Hall–Kier alpha value is -1.15. The second kappa shape index (κ2) is 7.74. The number of aliphatic hydroxyl groups excluding tert-OH is 1. The molecule has 114 valence electrons. The molecule has 1 unspecified atom stereocenters. The summed E-state index contributed by atoms with van der Waals surface area (Å²) in [6.45, 7) is 3.02. The first-order valence-electron chi connectivity index (χ1n) is 6.37. The van der Waals surface area contributed by atoms with Crippen LogP contribution in [0.4, 0.5) is 0 Å². The van der Waals surface area contributed by atoms with Gasteiger partial charge >= 0.3 is 0 Å². The third-order valence-corrected chi connectivity index (χ3v) is 5.14. The predicted octanol–water partition coefficient (Wildman–Crippen LogP) is 2.57. The van der Waals surface area contributed by atoms with Crippen molar-refractivity contribution in [2.45, 2.75) is 19.6 Å². The van der Waals surface area contributed by atoms with Crippen molar-refractivity contribution in [3.05, 3.63) is 37.4 Å². The van der Waals surface area contributed by atoms with Crippen molar-refractivity contribution in [1.29, 1.82) is 0 Å². The average Bonchev–Trinajstić information content (AvgIpc) is 3.08. The van der Waals surface area contributed by atoms with Gasteiger partial charge in [0.15, 0.2) is 5.96 Å². The van der Waals surface area contributed by atoms with E-state index in [0.717, 1.165) is 10.6 Å². The minimum atomic E-state index is -0.605. The fourth-order valence-electron chi connectivity index (χ4n) is 1.68. The number of rotatable bonds is 5. The number of hydrogen-bond acceptors (Lipinski definition) is 5. The fourth-order valence-corrected chi connectivity index (χ4v) is 3.45. The van der Waals surface area contributed by atoms with Crippen LogP contribution in [-0.4, -0.2) is 29.6 Å². The van der Waals surface area contributed by atoms with Crippen LogP contribution in [-0.2, 0) is 6.54 Å². The number of aliphatic hydroxyl groups is 1. The van der Waals surface area contributed by atoms with Gasteiger partial charge in [-0.2, -0.15) is 0 Å². The van der Waals surface area contributed by atoms with Crippen molar-refractivity contribution in [3.63, 3.8) is 0 Å². The summed E-state index contributed by atoms with van der Waals surface area (Å²) in [6, 6.07) is 3.61. The minimum absolute atomic E-state index is 0.373. The van der Waals surface area contributed by atoms with Crippen molar-refractivity contribution in [1.82, 2.24) is 15.6 Å². The van der Waals surface area contributed by atoms with Gasteiger partial charge in [-0.25, -0.2) is 4.98 Å². The zero-order valence-electron chi connectivity index (χ0n) is 11.8. The van der Waals surface area contributed by atoms with Crippen molar-refractivity contribution in [2.75, 3.05) is 13.6 Å². The molecule has 2 aromatic rings. The Balaban J connectivity index is 1.81. The zero-order chi connectivity index (χ0) is 15.2. The number of aromatic nitrogens is 1. The third-order valence-electron chi connectivity index (χ3n) is 2.87. The molecule has 0 spiro atoms.